The van der Waals surface area contributed by atoms with Crippen LogP contribution >= 0.6 is 0 Å². The van der Waals surface area contributed by atoms with Crippen molar-refractivity contribution in [3.8, 4) is 0 Å². The highest BCUT2D eigenvalue weighted by molar-refractivity contribution is 5.87. The van der Waals surface area contributed by atoms with Crippen LogP contribution < -0.4 is 5.73 Å². The van der Waals surface area contributed by atoms with E-state index in [-0.39, 0.29) is 18.9 Å². The summed E-state index contributed by atoms with van der Waals surface area (Å²) < 4.78 is 13.3. The number of likely N-dealkylation sites (tertiary alicyclic amines) is 1. The van der Waals surface area contributed by atoms with Crippen LogP contribution in [0.4, 0.5) is 4.39 Å². The van der Waals surface area contributed by atoms with Crippen LogP contribution in [0.25, 0.3) is 0 Å². The summed E-state index contributed by atoms with van der Waals surface area (Å²) in [6.45, 7) is 0.0269. The second-order valence-electron chi connectivity index (χ2n) is 5.15. The molecule has 2 N–H and O–H groups in total. The lowest BCUT2D eigenvalue weighted by molar-refractivity contribution is -0.138. The van der Waals surface area contributed by atoms with Crippen LogP contribution in [0.3, 0.4) is 0 Å². The van der Waals surface area contributed by atoms with Crippen molar-refractivity contribution < 1.29 is 14.0 Å². The van der Waals surface area contributed by atoms with Crippen molar-refractivity contribution in [2.45, 2.75) is 50.7 Å². The van der Waals surface area contributed by atoms with E-state index in [1.165, 1.54) is 17.7 Å². The normalized spacial score (nSPS) is 29.8. The molecule has 2 rings (SSSR count). The van der Waals surface area contributed by atoms with E-state index < -0.39 is 18.1 Å². The Balaban J connectivity index is 1.94. The monoisotopic (exact) mass is 242 g/mol. The van der Waals surface area contributed by atoms with Crippen molar-refractivity contribution in [2.24, 2.45) is 11.7 Å². The first-order valence-electron chi connectivity index (χ1n) is 6.30. The second kappa shape index (κ2) is 5.02. The number of hydrogen-bond acceptors (Lipinski definition) is 2. The van der Waals surface area contributed by atoms with Crippen LogP contribution in [-0.2, 0) is 9.59 Å². The van der Waals surface area contributed by atoms with E-state index in [1.807, 2.05) is 0 Å². The molecule has 2 fully saturated rings. The Labute approximate surface area is 100 Å². The Morgan fingerprint density at radius 1 is 1.29 bits per heavy atom. The molecule has 1 aliphatic carbocycles. The highest BCUT2D eigenvalue weighted by Gasteiger charge is 2.39. The lowest BCUT2D eigenvalue weighted by Crippen LogP contribution is -2.44. The van der Waals surface area contributed by atoms with Gasteiger partial charge in [0.2, 0.25) is 11.8 Å². The number of carbonyl (C=O) groups is 2. The summed E-state index contributed by atoms with van der Waals surface area (Å²) in [5.41, 5.74) is 5.20. The third-order valence-electron chi connectivity index (χ3n) is 3.84. The van der Waals surface area contributed by atoms with Gasteiger partial charge in [-0.15, -0.1) is 0 Å². The maximum Gasteiger partial charge on any atom is 0.240 e. The molecule has 0 aromatic rings. The van der Waals surface area contributed by atoms with Crippen LogP contribution in [0.2, 0.25) is 0 Å². The summed E-state index contributed by atoms with van der Waals surface area (Å²) in [7, 11) is 0. The summed E-state index contributed by atoms with van der Waals surface area (Å²) >= 11 is 0. The average Bonchev–Trinajstić information content (AvgIpc) is 2.86. The fraction of sp³-hybridized carbons (Fsp3) is 0.833. The highest BCUT2D eigenvalue weighted by atomic mass is 19.1. The van der Waals surface area contributed by atoms with Crippen molar-refractivity contribution in [3.63, 3.8) is 0 Å². The van der Waals surface area contributed by atoms with E-state index in [0.29, 0.717) is 12.3 Å². The molecule has 2 atom stereocenters. The van der Waals surface area contributed by atoms with E-state index in [0.717, 1.165) is 12.8 Å². The molecule has 1 saturated heterocycles. The topological polar surface area (TPSA) is 63.4 Å². The molecule has 0 spiro atoms. The smallest absolute Gasteiger partial charge is 0.240 e. The van der Waals surface area contributed by atoms with Crippen molar-refractivity contribution >= 4 is 11.8 Å². The third kappa shape index (κ3) is 2.76. The Morgan fingerprint density at radius 2 is 1.94 bits per heavy atom. The molecule has 5 heteroatoms. The number of hydrogen-bond donors (Lipinski definition) is 1. The molecule has 0 aromatic carbocycles. The lowest BCUT2D eigenvalue weighted by Gasteiger charge is -2.23. The van der Waals surface area contributed by atoms with Gasteiger partial charge in [0, 0.05) is 12.8 Å². The first-order chi connectivity index (χ1) is 8.08. The van der Waals surface area contributed by atoms with Gasteiger partial charge in [0.05, 0.1) is 6.54 Å². The van der Waals surface area contributed by atoms with Crippen LogP contribution in [0.1, 0.15) is 38.5 Å². The maximum atomic E-state index is 13.3. The fourth-order valence-corrected chi connectivity index (χ4v) is 2.91. The van der Waals surface area contributed by atoms with Crippen LogP contribution in [0, 0.1) is 5.92 Å². The predicted molar refractivity (Wildman–Crippen MR) is 60.8 cm³/mol. The summed E-state index contributed by atoms with van der Waals surface area (Å²) in [6, 6.07) is -0.737. The first-order valence-corrected chi connectivity index (χ1v) is 6.30. The van der Waals surface area contributed by atoms with Gasteiger partial charge in [0.15, 0.2) is 0 Å². The van der Waals surface area contributed by atoms with Crippen molar-refractivity contribution in [1.82, 2.24) is 4.90 Å². The molecule has 4 nitrogen and oxygen atoms in total. The van der Waals surface area contributed by atoms with Crippen molar-refractivity contribution in [2.75, 3.05) is 6.54 Å². The van der Waals surface area contributed by atoms with E-state index in [9.17, 15) is 14.0 Å². The minimum Gasteiger partial charge on any atom is -0.368 e. The Kier molecular flexibility index (Phi) is 3.64. The van der Waals surface area contributed by atoms with Gasteiger partial charge in [-0.25, -0.2) is 4.39 Å². The number of primary amides is 1. The lowest BCUT2D eigenvalue weighted by atomic mass is 10.0. The first kappa shape index (κ1) is 12.3. The van der Waals surface area contributed by atoms with E-state index in [2.05, 4.69) is 0 Å². The Hall–Kier alpha value is -1.13. The molecule has 0 unspecified atom stereocenters. The van der Waals surface area contributed by atoms with Gasteiger partial charge in [-0.05, 0) is 18.8 Å². The molecule has 0 radical (unpaired) electrons. The zero-order chi connectivity index (χ0) is 12.4. The number of amides is 2. The summed E-state index contributed by atoms with van der Waals surface area (Å²) in [4.78, 5) is 24.5. The van der Waals surface area contributed by atoms with E-state index in [4.69, 9.17) is 5.73 Å². The van der Waals surface area contributed by atoms with E-state index >= 15 is 0 Å². The quantitative estimate of drug-likeness (QED) is 0.802. The number of nitrogens with zero attached hydrogens (tertiary/aromatic N) is 1. The molecule has 1 heterocycles. The number of halogens is 1. The standard InChI is InChI=1S/C12H19FN2O2/c13-9-6-10(12(14)17)15(7-9)11(16)5-8-3-1-2-4-8/h8-10H,1-7H2,(H2,14,17)/t9-,10+/m1/s1. The number of rotatable bonds is 3. The van der Waals surface area contributed by atoms with Gasteiger partial charge in [-0.1, -0.05) is 12.8 Å². The Morgan fingerprint density at radius 3 is 2.53 bits per heavy atom. The predicted octanol–water partition coefficient (Wildman–Crippen LogP) is 0.991. The SMILES string of the molecule is NC(=O)[C@@H]1C[C@@H](F)CN1C(=O)CC1CCCC1. The van der Waals surface area contributed by atoms with Gasteiger partial charge < -0.3 is 10.6 Å². The van der Waals surface area contributed by atoms with Gasteiger partial charge in [0.1, 0.15) is 12.2 Å². The van der Waals surface area contributed by atoms with Crippen LogP contribution in [-0.4, -0.2) is 35.5 Å². The molecule has 0 bridgehead atoms. The van der Waals surface area contributed by atoms with E-state index in [1.54, 1.807) is 0 Å². The maximum absolute atomic E-state index is 13.3. The molecular weight excluding hydrogens is 223 g/mol. The number of carbonyl (C=O) groups excluding carboxylic acids is 2. The van der Waals surface area contributed by atoms with Gasteiger partial charge in [-0.3, -0.25) is 9.59 Å². The molecular formula is C12H19FN2O2. The average molecular weight is 242 g/mol. The Bertz CT molecular complexity index is 316. The van der Waals surface area contributed by atoms with Gasteiger partial charge >= 0.3 is 0 Å². The van der Waals surface area contributed by atoms with Crippen molar-refractivity contribution in [3.05, 3.63) is 0 Å². The molecule has 2 amide bonds. The van der Waals surface area contributed by atoms with Gasteiger partial charge in [0.25, 0.3) is 0 Å². The number of nitrogens with two attached hydrogens (primary N) is 1. The highest BCUT2D eigenvalue weighted by Crippen LogP contribution is 2.30. The summed E-state index contributed by atoms with van der Waals surface area (Å²) in [6.07, 6.45) is 3.87. The fourth-order valence-electron chi connectivity index (χ4n) is 2.91. The van der Waals surface area contributed by atoms with Crippen LogP contribution in [0.5, 0.6) is 0 Å². The second-order valence-corrected chi connectivity index (χ2v) is 5.15. The zero-order valence-electron chi connectivity index (χ0n) is 9.90. The summed E-state index contributed by atoms with van der Waals surface area (Å²) in [5, 5.41) is 0. The molecule has 1 aliphatic heterocycles. The molecule has 2 aliphatic rings. The molecule has 17 heavy (non-hydrogen) atoms. The van der Waals surface area contributed by atoms with Crippen molar-refractivity contribution in [1.29, 1.82) is 0 Å². The third-order valence-corrected chi connectivity index (χ3v) is 3.84. The molecule has 0 aromatic heterocycles. The minimum absolute atomic E-state index is 0.0269. The molecule has 1 saturated carbocycles. The van der Waals surface area contributed by atoms with Gasteiger partial charge in [-0.2, -0.15) is 0 Å². The zero-order valence-corrected chi connectivity index (χ0v) is 9.90. The molecule has 96 valence electrons. The minimum atomic E-state index is -1.11. The largest absolute Gasteiger partial charge is 0.368 e. The van der Waals surface area contributed by atoms with Crippen LogP contribution in [0.15, 0.2) is 0 Å². The number of alkyl halides is 1. The summed E-state index contributed by atoms with van der Waals surface area (Å²) in [5.74, 6) is -0.291.